The van der Waals surface area contributed by atoms with E-state index < -0.39 is 0 Å². The van der Waals surface area contributed by atoms with Gasteiger partial charge in [-0.15, -0.1) is 0 Å². The van der Waals surface area contributed by atoms with E-state index >= 15 is 0 Å². The highest BCUT2D eigenvalue weighted by atomic mass is 16.5. The first-order chi connectivity index (χ1) is 6.68. The van der Waals surface area contributed by atoms with Gasteiger partial charge in [0.05, 0.1) is 19.8 Å². The maximum atomic E-state index is 10.6. The molecule has 1 amide bonds. The van der Waals surface area contributed by atoms with Crippen molar-refractivity contribution < 1.29 is 14.3 Å². The molecule has 0 heterocycles. The van der Waals surface area contributed by atoms with Crippen molar-refractivity contribution >= 4 is 5.91 Å². The van der Waals surface area contributed by atoms with Crippen molar-refractivity contribution in [2.24, 2.45) is 11.7 Å². The zero-order chi connectivity index (χ0) is 10.8. The van der Waals surface area contributed by atoms with Gasteiger partial charge in [0.1, 0.15) is 0 Å². The minimum atomic E-state index is -0.280. The Balaban J connectivity index is 3.09. The van der Waals surface area contributed by atoms with Gasteiger partial charge in [-0.1, -0.05) is 6.92 Å². The van der Waals surface area contributed by atoms with Crippen LogP contribution in [0.25, 0.3) is 0 Å². The maximum Gasteiger partial charge on any atom is 0.221 e. The molecule has 5 heteroatoms. The minimum Gasteiger partial charge on any atom is -0.382 e. The molecule has 14 heavy (non-hydrogen) atoms. The van der Waals surface area contributed by atoms with E-state index in [2.05, 4.69) is 5.32 Å². The fourth-order valence-electron chi connectivity index (χ4n) is 0.808. The van der Waals surface area contributed by atoms with Crippen LogP contribution in [-0.2, 0) is 14.3 Å². The van der Waals surface area contributed by atoms with Crippen LogP contribution in [0.3, 0.4) is 0 Å². The molecule has 0 rings (SSSR count). The van der Waals surface area contributed by atoms with Gasteiger partial charge in [0.15, 0.2) is 0 Å². The van der Waals surface area contributed by atoms with Gasteiger partial charge in [-0.2, -0.15) is 0 Å². The number of hydrogen-bond donors (Lipinski definition) is 2. The molecule has 0 spiro atoms. The highest BCUT2D eigenvalue weighted by Gasteiger charge is 2.06. The highest BCUT2D eigenvalue weighted by molar-refractivity contribution is 5.76. The second-order valence-electron chi connectivity index (χ2n) is 3.11. The van der Waals surface area contributed by atoms with E-state index in [1.165, 1.54) is 0 Å². The molecule has 0 saturated heterocycles. The second kappa shape index (κ2) is 8.93. The third kappa shape index (κ3) is 7.97. The van der Waals surface area contributed by atoms with Gasteiger partial charge < -0.3 is 20.5 Å². The standard InChI is InChI=1S/C9H20N2O3/c1-8(9(10)12)7-11-3-4-14-6-5-13-2/h8,11H,3-7H2,1-2H3,(H2,10,12). The summed E-state index contributed by atoms with van der Waals surface area (Å²) >= 11 is 0. The predicted octanol–water partition coefficient (Wildman–Crippen LogP) is -0.640. The molecule has 84 valence electrons. The molecule has 0 radical (unpaired) electrons. The summed E-state index contributed by atoms with van der Waals surface area (Å²) in [5.41, 5.74) is 5.09. The Labute approximate surface area is 84.9 Å². The van der Waals surface area contributed by atoms with Crippen LogP contribution in [0.1, 0.15) is 6.92 Å². The van der Waals surface area contributed by atoms with Crippen LogP contribution < -0.4 is 11.1 Å². The summed E-state index contributed by atoms with van der Waals surface area (Å²) in [6, 6.07) is 0. The molecule has 1 unspecified atom stereocenters. The molecule has 0 saturated carbocycles. The Morgan fingerprint density at radius 3 is 2.71 bits per heavy atom. The van der Waals surface area contributed by atoms with Crippen LogP contribution in [0.5, 0.6) is 0 Å². The number of methoxy groups -OCH3 is 1. The monoisotopic (exact) mass is 204 g/mol. The van der Waals surface area contributed by atoms with E-state index in [1.54, 1.807) is 14.0 Å². The van der Waals surface area contributed by atoms with Crippen LogP contribution in [0.2, 0.25) is 0 Å². The van der Waals surface area contributed by atoms with Gasteiger partial charge in [-0.3, -0.25) is 4.79 Å². The summed E-state index contributed by atoms with van der Waals surface area (Å²) in [7, 11) is 1.64. The first kappa shape index (κ1) is 13.4. The predicted molar refractivity (Wildman–Crippen MR) is 53.9 cm³/mol. The Morgan fingerprint density at radius 2 is 2.14 bits per heavy atom. The number of amides is 1. The maximum absolute atomic E-state index is 10.6. The summed E-state index contributed by atoms with van der Waals surface area (Å²) < 4.78 is 10.0. The van der Waals surface area contributed by atoms with Crippen LogP contribution >= 0.6 is 0 Å². The fourth-order valence-corrected chi connectivity index (χ4v) is 0.808. The van der Waals surface area contributed by atoms with Gasteiger partial charge in [-0.25, -0.2) is 0 Å². The Morgan fingerprint density at radius 1 is 1.43 bits per heavy atom. The van der Waals surface area contributed by atoms with Gasteiger partial charge in [-0.05, 0) is 0 Å². The van der Waals surface area contributed by atoms with E-state index in [9.17, 15) is 4.79 Å². The molecule has 3 N–H and O–H groups in total. The first-order valence-corrected chi connectivity index (χ1v) is 4.75. The normalized spacial score (nSPS) is 12.7. The van der Waals surface area contributed by atoms with Crippen LogP contribution in [0.4, 0.5) is 0 Å². The zero-order valence-electron chi connectivity index (χ0n) is 8.91. The van der Waals surface area contributed by atoms with Crippen molar-refractivity contribution in [1.82, 2.24) is 5.32 Å². The molecule has 0 aromatic carbocycles. The molecule has 0 aliphatic heterocycles. The number of carbonyl (C=O) groups excluding carboxylic acids is 1. The molecule has 0 aliphatic carbocycles. The van der Waals surface area contributed by atoms with Crippen molar-refractivity contribution in [2.75, 3.05) is 40.0 Å². The van der Waals surface area contributed by atoms with Crippen molar-refractivity contribution in [3.05, 3.63) is 0 Å². The van der Waals surface area contributed by atoms with Crippen LogP contribution in [0.15, 0.2) is 0 Å². The number of nitrogens with two attached hydrogens (primary N) is 1. The Kier molecular flexibility index (Phi) is 8.51. The second-order valence-corrected chi connectivity index (χ2v) is 3.11. The van der Waals surface area contributed by atoms with E-state index in [4.69, 9.17) is 15.2 Å². The van der Waals surface area contributed by atoms with Crippen molar-refractivity contribution in [3.63, 3.8) is 0 Å². The topological polar surface area (TPSA) is 73.6 Å². The SMILES string of the molecule is COCCOCCNCC(C)C(N)=O. The lowest BCUT2D eigenvalue weighted by Crippen LogP contribution is -2.32. The fraction of sp³-hybridized carbons (Fsp3) is 0.889. The lowest BCUT2D eigenvalue weighted by molar-refractivity contribution is -0.121. The number of nitrogens with one attached hydrogen (secondary N) is 1. The van der Waals surface area contributed by atoms with Crippen molar-refractivity contribution in [2.45, 2.75) is 6.92 Å². The van der Waals surface area contributed by atoms with Gasteiger partial charge in [0.25, 0.3) is 0 Å². The summed E-state index contributed by atoms with van der Waals surface area (Å²) in [6.07, 6.45) is 0. The number of ether oxygens (including phenoxy) is 2. The number of primary amides is 1. The van der Waals surface area contributed by atoms with Crippen LogP contribution in [-0.4, -0.2) is 45.9 Å². The van der Waals surface area contributed by atoms with Crippen LogP contribution in [0, 0.1) is 5.92 Å². The van der Waals surface area contributed by atoms with Crippen molar-refractivity contribution in [3.8, 4) is 0 Å². The summed E-state index contributed by atoms with van der Waals surface area (Å²) in [5.74, 6) is -0.410. The summed E-state index contributed by atoms with van der Waals surface area (Å²) in [5, 5.41) is 3.08. The molecule has 0 bridgehead atoms. The molecular weight excluding hydrogens is 184 g/mol. The number of hydrogen-bond acceptors (Lipinski definition) is 4. The molecule has 0 aromatic rings. The zero-order valence-corrected chi connectivity index (χ0v) is 8.91. The van der Waals surface area contributed by atoms with E-state index in [0.29, 0.717) is 26.4 Å². The molecule has 0 aliphatic rings. The largest absolute Gasteiger partial charge is 0.382 e. The van der Waals surface area contributed by atoms with E-state index in [-0.39, 0.29) is 11.8 Å². The average molecular weight is 204 g/mol. The lowest BCUT2D eigenvalue weighted by Gasteiger charge is -2.08. The third-order valence-electron chi connectivity index (χ3n) is 1.79. The molecule has 5 nitrogen and oxygen atoms in total. The Bertz CT molecular complexity index is 153. The smallest absolute Gasteiger partial charge is 0.221 e. The van der Waals surface area contributed by atoms with E-state index in [0.717, 1.165) is 6.54 Å². The summed E-state index contributed by atoms with van der Waals surface area (Å²) in [4.78, 5) is 10.6. The first-order valence-electron chi connectivity index (χ1n) is 4.75. The number of carbonyl (C=O) groups is 1. The third-order valence-corrected chi connectivity index (χ3v) is 1.79. The van der Waals surface area contributed by atoms with E-state index in [1.807, 2.05) is 0 Å². The average Bonchev–Trinajstić information content (AvgIpc) is 2.16. The summed E-state index contributed by atoms with van der Waals surface area (Å²) in [6.45, 7) is 4.95. The highest BCUT2D eigenvalue weighted by Crippen LogP contribution is 1.88. The van der Waals surface area contributed by atoms with Gasteiger partial charge >= 0.3 is 0 Å². The molecule has 0 aromatic heterocycles. The Hall–Kier alpha value is -0.650. The van der Waals surface area contributed by atoms with Crippen molar-refractivity contribution in [1.29, 1.82) is 0 Å². The number of rotatable bonds is 9. The lowest BCUT2D eigenvalue weighted by atomic mass is 10.2. The van der Waals surface area contributed by atoms with Gasteiger partial charge in [0.2, 0.25) is 5.91 Å². The molecular formula is C9H20N2O3. The quantitative estimate of drug-likeness (QED) is 0.490. The molecule has 0 fully saturated rings. The van der Waals surface area contributed by atoms with Gasteiger partial charge in [0, 0.05) is 26.1 Å². The molecule has 1 atom stereocenters. The minimum absolute atomic E-state index is 0.131.